The zero-order valence-electron chi connectivity index (χ0n) is 8.32. The summed E-state index contributed by atoms with van der Waals surface area (Å²) < 4.78 is 0. The standard InChI is InChI=1S/C9H16.C2H6/c1-8-4-2-3-5-9(8)6-7-9;1-2/h8H,2-7H2,1H3;1-2H3. The largest absolute Gasteiger partial charge is 0.0683 e. The summed E-state index contributed by atoms with van der Waals surface area (Å²) in [6.07, 6.45) is 9.18. The molecule has 0 N–H and O–H groups in total. The Bertz CT molecular complexity index is 111. The van der Waals surface area contributed by atoms with Crippen molar-refractivity contribution in [2.45, 2.75) is 59.3 Å². The smallest absolute Gasteiger partial charge is 0.0271 e. The van der Waals surface area contributed by atoms with E-state index in [-0.39, 0.29) is 0 Å². The molecule has 0 aliphatic heterocycles. The summed E-state index contributed by atoms with van der Waals surface area (Å²) >= 11 is 0. The zero-order valence-corrected chi connectivity index (χ0v) is 8.32. The van der Waals surface area contributed by atoms with Crippen molar-refractivity contribution in [1.29, 1.82) is 0 Å². The molecule has 0 saturated heterocycles. The highest BCUT2D eigenvalue weighted by Gasteiger charge is 2.47. The number of hydrogen-bond acceptors (Lipinski definition) is 0. The van der Waals surface area contributed by atoms with Crippen LogP contribution in [0.5, 0.6) is 0 Å². The van der Waals surface area contributed by atoms with Gasteiger partial charge in [0.2, 0.25) is 0 Å². The molecule has 2 aliphatic carbocycles. The SMILES string of the molecule is CC.CC1CCCCC12CC2. The van der Waals surface area contributed by atoms with Crippen molar-refractivity contribution in [2.75, 3.05) is 0 Å². The molecule has 11 heavy (non-hydrogen) atoms. The highest BCUT2D eigenvalue weighted by atomic mass is 14.5. The van der Waals surface area contributed by atoms with Crippen molar-refractivity contribution >= 4 is 0 Å². The van der Waals surface area contributed by atoms with Crippen LogP contribution in [0.15, 0.2) is 0 Å². The zero-order chi connectivity index (χ0) is 8.32. The van der Waals surface area contributed by atoms with Gasteiger partial charge >= 0.3 is 0 Å². The first-order valence-electron chi connectivity index (χ1n) is 5.33. The van der Waals surface area contributed by atoms with Crippen LogP contribution in [0.1, 0.15) is 59.3 Å². The molecule has 0 heteroatoms. The number of rotatable bonds is 0. The van der Waals surface area contributed by atoms with E-state index in [2.05, 4.69) is 6.92 Å². The van der Waals surface area contributed by atoms with Crippen molar-refractivity contribution in [3.05, 3.63) is 0 Å². The van der Waals surface area contributed by atoms with E-state index in [9.17, 15) is 0 Å². The van der Waals surface area contributed by atoms with Crippen LogP contribution in [0.2, 0.25) is 0 Å². The molecule has 2 saturated carbocycles. The molecular formula is C11H22. The molecule has 1 atom stereocenters. The summed E-state index contributed by atoms with van der Waals surface area (Å²) in [6.45, 7) is 6.45. The molecule has 0 nitrogen and oxygen atoms in total. The third-order valence-electron chi connectivity index (χ3n) is 3.50. The van der Waals surface area contributed by atoms with Crippen LogP contribution in [0, 0.1) is 11.3 Å². The number of hydrogen-bond donors (Lipinski definition) is 0. The Morgan fingerprint density at radius 1 is 1.00 bits per heavy atom. The van der Waals surface area contributed by atoms with E-state index in [1.807, 2.05) is 13.8 Å². The van der Waals surface area contributed by atoms with E-state index in [1.165, 1.54) is 19.3 Å². The molecule has 0 aromatic carbocycles. The monoisotopic (exact) mass is 154 g/mol. The summed E-state index contributed by atoms with van der Waals surface area (Å²) in [4.78, 5) is 0. The summed E-state index contributed by atoms with van der Waals surface area (Å²) in [5.74, 6) is 1.06. The Balaban J connectivity index is 0.000000281. The van der Waals surface area contributed by atoms with Gasteiger partial charge in [-0.3, -0.25) is 0 Å². The minimum atomic E-state index is 0.887. The van der Waals surface area contributed by atoms with Crippen molar-refractivity contribution < 1.29 is 0 Å². The molecule has 1 spiro atoms. The van der Waals surface area contributed by atoms with Crippen LogP contribution in [-0.4, -0.2) is 0 Å². The molecule has 66 valence electrons. The Morgan fingerprint density at radius 3 is 2.00 bits per heavy atom. The summed E-state index contributed by atoms with van der Waals surface area (Å²) in [5, 5.41) is 0. The fraction of sp³-hybridized carbons (Fsp3) is 1.00. The molecule has 2 fully saturated rings. The van der Waals surface area contributed by atoms with E-state index in [4.69, 9.17) is 0 Å². The predicted octanol–water partition coefficient (Wildman–Crippen LogP) is 4.00. The quantitative estimate of drug-likeness (QED) is 0.494. The van der Waals surface area contributed by atoms with Gasteiger partial charge in [-0.25, -0.2) is 0 Å². The Hall–Kier alpha value is 0. The Labute approximate surface area is 71.4 Å². The lowest BCUT2D eigenvalue weighted by atomic mass is 9.78. The first-order valence-corrected chi connectivity index (χ1v) is 5.33. The maximum atomic E-state index is 2.45. The van der Waals surface area contributed by atoms with Crippen LogP contribution in [-0.2, 0) is 0 Å². The van der Waals surface area contributed by atoms with Crippen LogP contribution in [0.3, 0.4) is 0 Å². The maximum absolute atomic E-state index is 2.45. The molecule has 1 unspecified atom stereocenters. The van der Waals surface area contributed by atoms with Gasteiger partial charge < -0.3 is 0 Å². The van der Waals surface area contributed by atoms with Crippen LogP contribution >= 0.6 is 0 Å². The molecular weight excluding hydrogens is 132 g/mol. The van der Waals surface area contributed by atoms with E-state index < -0.39 is 0 Å². The fourth-order valence-electron chi connectivity index (χ4n) is 2.38. The summed E-state index contributed by atoms with van der Waals surface area (Å²) in [6, 6.07) is 0. The lowest BCUT2D eigenvalue weighted by Crippen LogP contribution is -2.17. The Kier molecular flexibility index (Phi) is 2.98. The van der Waals surface area contributed by atoms with Gasteiger partial charge in [0.05, 0.1) is 0 Å². The second-order valence-electron chi connectivity index (χ2n) is 4.01. The van der Waals surface area contributed by atoms with E-state index in [1.54, 1.807) is 19.3 Å². The second-order valence-corrected chi connectivity index (χ2v) is 4.01. The molecule has 0 heterocycles. The van der Waals surface area contributed by atoms with Gasteiger partial charge in [0.25, 0.3) is 0 Å². The maximum Gasteiger partial charge on any atom is -0.0271 e. The minimum absolute atomic E-state index is 0.887. The van der Waals surface area contributed by atoms with Crippen molar-refractivity contribution in [3.63, 3.8) is 0 Å². The molecule has 0 aromatic heterocycles. The molecule has 2 aliphatic rings. The van der Waals surface area contributed by atoms with E-state index in [0.717, 1.165) is 11.3 Å². The molecule has 0 radical (unpaired) electrons. The molecule has 0 bridgehead atoms. The van der Waals surface area contributed by atoms with E-state index in [0.29, 0.717) is 0 Å². The van der Waals surface area contributed by atoms with Gasteiger partial charge in [0, 0.05) is 0 Å². The third kappa shape index (κ3) is 1.77. The average molecular weight is 154 g/mol. The fourth-order valence-corrected chi connectivity index (χ4v) is 2.38. The second kappa shape index (κ2) is 3.60. The molecule has 0 aromatic rings. The average Bonchev–Trinajstić information content (AvgIpc) is 2.82. The summed E-state index contributed by atoms with van der Waals surface area (Å²) in [5.41, 5.74) is 0.887. The van der Waals surface area contributed by atoms with Crippen molar-refractivity contribution in [3.8, 4) is 0 Å². The third-order valence-corrected chi connectivity index (χ3v) is 3.50. The van der Waals surface area contributed by atoms with Crippen LogP contribution in [0.25, 0.3) is 0 Å². The topological polar surface area (TPSA) is 0 Å². The first kappa shape index (κ1) is 9.09. The van der Waals surface area contributed by atoms with Gasteiger partial charge in [-0.1, -0.05) is 40.0 Å². The van der Waals surface area contributed by atoms with Crippen LogP contribution < -0.4 is 0 Å². The van der Waals surface area contributed by atoms with Gasteiger partial charge in [-0.15, -0.1) is 0 Å². The lowest BCUT2D eigenvalue weighted by molar-refractivity contribution is 0.232. The molecule has 2 rings (SSSR count). The lowest BCUT2D eigenvalue weighted by Gasteiger charge is -2.28. The highest BCUT2D eigenvalue weighted by Crippen LogP contribution is 2.59. The van der Waals surface area contributed by atoms with E-state index >= 15 is 0 Å². The predicted molar refractivity (Wildman–Crippen MR) is 50.6 cm³/mol. The minimum Gasteiger partial charge on any atom is -0.0683 e. The Morgan fingerprint density at radius 2 is 1.64 bits per heavy atom. The van der Waals surface area contributed by atoms with Gasteiger partial charge in [0.15, 0.2) is 0 Å². The first-order chi connectivity index (χ1) is 5.33. The highest BCUT2D eigenvalue weighted by molar-refractivity contribution is 4.98. The van der Waals surface area contributed by atoms with Crippen LogP contribution in [0.4, 0.5) is 0 Å². The van der Waals surface area contributed by atoms with Gasteiger partial charge in [-0.2, -0.15) is 0 Å². The summed E-state index contributed by atoms with van der Waals surface area (Å²) in [7, 11) is 0. The normalized spacial score (nSPS) is 32.5. The molecule has 0 amide bonds. The van der Waals surface area contributed by atoms with Crippen molar-refractivity contribution in [1.82, 2.24) is 0 Å². The van der Waals surface area contributed by atoms with Crippen molar-refractivity contribution in [2.24, 2.45) is 11.3 Å². The van der Waals surface area contributed by atoms with Gasteiger partial charge in [-0.05, 0) is 30.6 Å². The van der Waals surface area contributed by atoms with Gasteiger partial charge in [0.1, 0.15) is 0 Å².